The Kier molecular flexibility index (Phi) is 9.62. The third kappa shape index (κ3) is 7.41. The zero-order valence-corrected chi connectivity index (χ0v) is 18.1. The Balaban J connectivity index is 2.17. The largest absolute Gasteiger partial charge is 0.416 e. The molecule has 0 atom stereocenters. The molecule has 1 aromatic rings. The number of halogens is 3. The van der Waals surface area contributed by atoms with Gasteiger partial charge in [-0.1, -0.05) is 18.2 Å². The molecule has 0 amide bonds. The average molecular weight is 432 g/mol. The maximum Gasteiger partial charge on any atom is 0.416 e. The van der Waals surface area contributed by atoms with Gasteiger partial charge in [0.15, 0.2) is 5.96 Å². The lowest BCUT2D eigenvalue weighted by molar-refractivity contribution is -0.137. The number of unbranched alkanes of at least 4 members (excludes halogenated alkanes) is 1. The number of hydrogen-bond donors (Lipinski definition) is 2. The standard InChI is InChI=1S/C21H32F3N3OS/c1-3-25-19(26-11-4-5-14-29-2)27-16-20(9-12-28-13-10-20)17-7-6-8-18(15-17)21(22,23)24/h6-8,15H,3-5,9-14,16H2,1-2H3,(H2,25,26,27). The number of nitrogens with zero attached hydrogens (tertiary/aromatic N) is 1. The summed E-state index contributed by atoms with van der Waals surface area (Å²) in [5.74, 6) is 1.85. The first-order valence-electron chi connectivity index (χ1n) is 10.2. The van der Waals surface area contributed by atoms with Crippen molar-refractivity contribution in [2.45, 2.75) is 44.2 Å². The van der Waals surface area contributed by atoms with Gasteiger partial charge < -0.3 is 15.4 Å². The van der Waals surface area contributed by atoms with Crippen LogP contribution < -0.4 is 10.6 Å². The molecular formula is C21H32F3N3OS. The van der Waals surface area contributed by atoms with Gasteiger partial charge in [0, 0.05) is 31.7 Å². The third-order valence-electron chi connectivity index (χ3n) is 5.20. The summed E-state index contributed by atoms with van der Waals surface area (Å²) in [4.78, 5) is 4.75. The predicted octanol–water partition coefficient (Wildman–Crippen LogP) is 4.45. The zero-order valence-electron chi connectivity index (χ0n) is 17.3. The fourth-order valence-electron chi connectivity index (χ4n) is 3.48. The third-order valence-corrected chi connectivity index (χ3v) is 5.90. The average Bonchev–Trinajstić information content (AvgIpc) is 2.72. The van der Waals surface area contributed by atoms with E-state index >= 15 is 0 Å². The van der Waals surface area contributed by atoms with Crippen LogP contribution in [-0.2, 0) is 16.3 Å². The lowest BCUT2D eigenvalue weighted by atomic mass is 9.74. The zero-order chi connectivity index (χ0) is 21.2. The van der Waals surface area contributed by atoms with E-state index in [9.17, 15) is 13.2 Å². The molecular weight excluding hydrogens is 399 g/mol. The second-order valence-electron chi connectivity index (χ2n) is 7.29. The number of hydrogen-bond acceptors (Lipinski definition) is 3. The molecule has 2 rings (SSSR count). The number of nitrogens with one attached hydrogen (secondary N) is 2. The quantitative estimate of drug-likeness (QED) is 0.344. The minimum absolute atomic E-state index is 0.428. The van der Waals surface area contributed by atoms with Crippen LogP contribution in [0, 0.1) is 0 Å². The van der Waals surface area contributed by atoms with E-state index in [1.807, 2.05) is 18.7 Å². The van der Waals surface area contributed by atoms with Gasteiger partial charge in [0.25, 0.3) is 0 Å². The van der Waals surface area contributed by atoms with E-state index < -0.39 is 17.2 Å². The molecule has 0 aromatic heterocycles. The fraction of sp³-hybridized carbons (Fsp3) is 0.667. The van der Waals surface area contributed by atoms with Gasteiger partial charge in [-0.3, -0.25) is 4.99 Å². The van der Waals surface area contributed by atoms with Gasteiger partial charge in [-0.05, 0) is 56.2 Å². The lowest BCUT2D eigenvalue weighted by Gasteiger charge is -2.37. The Morgan fingerprint density at radius 1 is 1.21 bits per heavy atom. The maximum absolute atomic E-state index is 13.2. The van der Waals surface area contributed by atoms with Crippen molar-refractivity contribution in [1.82, 2.24) is 10.6 Å². The topological polar surface area (TPSA) is 45.7 Å². The van der Waals surface area contributed by atoms with Gasteiger partial charge in [0.2, 0.25) is 0 Å². The summed E-state index contributed by atoms with van der Waals surface area (Å²) in [6.45, 7) is 5.05. The summed E-state index contributed by atoms with van der Waals surface area (Å²) >= 11 is 1.83. The van der Waals surface area contributed by atoms with Crippen LogP contribution in [0.5, 0.6) is 0 Å². The van der Waals surface area contributed by atoms with Gasteiger partial charge in [0.1, 0.15) is 0 Å². The summed E-state index contributed by atoms with van der Waals surface area (Å²) in [7, 11) is 0. The second-order valence-corrected chi connectivity index (χ2v) is 8.28. The monoisotopic (exact) mass is 431 g/mol. The lowest BCUT2D eigenvalue weighted by Crippen LogP contribution is -2.41. The van der Waals surface area contributed by atoms with Crippen LogP contribution in [0.25, 0.3) is 0 Å². The molecule has 164 valence electrons. The number of rotatable bonds is 9. The van der Waals surface area contributed by atoms with E-state index in [0.717, 1.165) is 43.7 Å². The molecule has 0 radical (unpaired) electrons. The summed E-state index contributed by atoms with van der Waals surface area (Å²) in [5, 5.41) is 6.58. The normalized spacial score (nSPS) is 17.2. The van der Waals surface area contributed by atoms with E-state index in [4.69, 9.17) is 9.73 Å². The highest BCUT2D eigenvalue weighted by Gasteiger charge is 2.37. The van der Waals surface area contributed by atoms with Crippen molar-refractivity contribution in [2.75, 3.05) is 44.9 Å². The van der Waals surface area contributed by atoms with E-state index in [-0.39, 0.29) is 0 Å². The minimum Gasteiger partial charge on any atom is -0.381 e. The van der Waals surface area contributed by atoms with Crippen LogP contribution in [0.2, 0.25) is 0 Å². The highest BCUT2D eigenvalue weighted by Crippen LogP contribution is 2.38. The van der Waals surface area contributed by atoms with Crippen LogP contribution in [0.3, 0.4) is 0 Å². The first kappa shape index (κ1) is 23.9. The molecule has 1 saturated heterocycles. The Morgan fingerprint density at radius 3 is 2.62 bits per heavy atom. The summed E-state index contributed by atoms with van der Waals surface area (Å²) in [5.41, 5.74) is -0.361. The SMILES string of the molecule is CCNC(=NCC1(c2cccc(C(F)(F)F)c2)CCOCC1)NCCCCSC. The van der Waals surface area contributed by atoms with E-state index in [1.165, 1.54) is 12.1 Å². The Labute approximate surface area is 176 Å². The molecule has 0 saturated carbocycles. The molecule has 2 N–H and O–H groups in total. The smallest absolute Gasteiger partial charge is 0.381 e. The van der Waals surface area contributed by atoms with Crippen molar-refractivity contribution in [3.8, 4) is 0 Å². The Hall–Kier alpha value is -1.41. The number of benzene rings is 1. The number of guanidine groups is 1. The van der Waals surface area contributed by atoms with Crippen LogP contribution in [0.15, 0.2) is 29.3 Å². The molecule has 8 heteroatoms. The number of thioether (sulfide) groups is 1. The molecule has 0 spiro atoms. The van der Waals surface area contributed by atoms with Gasteiger partial charge in [-0.25, -0.2) is 0 Å². The van der Waals surface area contributed by atoms with Crippen LogP contribution >= 0.6 is 11.8 Å². The van der Waals surface area contributed by atoms with Crippen LogP contribution in [0.4, 0.5) is 13.2 Å². The molecule has 4 nitrogen and oxygen atoms in total. The van der Waals surface area contributed by atoms with Gasteiger partial charge in [-0.15, -0.1) is 0 Å². The molecule has 1 heterocycles. The van der Waals surface area contributed by atoms with E-state index in [1.54, 1.807) is 6.07 Å². The number of aliphatic imine (C=N–C) groups is 1. The van der Waals surface area contributed by atoms with E-state index in [0.29, 0.717) is 38.2 Å². The summed E-state index contributed by atoms with van der Waals surface area (Å²) in [6.07, 6.45) is 1.26. The first-order valence-corrected chi connectivity index (χ1v) is 11.6. The number of alkyl halides is 3. The van der Waals surface area contributed by atoms with Gasteiger partial charge in [-0.2, -0.15) is 24.9 Å². The molecule has 1 fully saturated rings. The van der Waals surface area contributed by atoms with Crippen molar-refractivity contribution in [3.63, 3.8) is 0 Å². The molecule has 0 aliphatic carbocycles. The second kappa shape index (κ2) is 11.7. The van der Waals surface area contributed by atoms with Crippen molar-refractivity contribution in [2.24, 2.45) is 4.99 Å². The minimum atomic E-state index is -4.35. The summed E-state index contributed by atoms with van der Waals surface area (Å²) < 4.78 is 45.2. The fourth-order valence-corrected chi connectivity index (χ4v) is 3.97. The maximum atomic E-state index is 13.2. The summed E-state index contributed by atoms with van der Waals surface area (Å²) in [6, 6.07) is 5.69. The van der Waals surface area contributed by atoms with Crippen molar-refractivity contribution < 1.29 is 17.9 Å². The highest BCUT2D eigenvalue weighted by atomic mass is 32.2. The van der Waals surface area contributed by atoms with Crippen LogP contribution in [0.1, 0.15) is 43.7 Å². The van der Waals surface area contributed by atoms with Gasteiger partial charge >= 0.3 is 6.18 Å². The molecule has 1 aliphatic heterocycles. The van der Waals surface area contributed by atoms with Crippen molar-refractivity contribution >= 4 is 17.7 Å². The van der Waals surface area contributed by atoms with Crippen molar-refractivity contribution in [3.05, 3.63) is 35.4 Å². The molecule has 29 heavy (non-hydrogen) atoms. The van der Waals surface area contributed by atoms with Crippen LogP contribution in [-0.4, -0.2) is 50.8 Å². The highest BCUT2D eigenvalue weighted by molar-refractivity contribution is 7.98. The molecule has 1 aromatic carbocycles. The van der Waals surface area contributed by atoms with Gasteiger partial charge in [0.05, 0.1) is 12.1 Å². The number of ether oxygens (including phenoxy) is 1. The molecule has 0 bridgehead atoms. The predicted molar refractivity (Wildman–Crippen MR) is 115 cm³/mol. The molecule has 0 unspecified atom stereocenters. The first-order chi connectivity index (χ1) is 13.9. The molecule has 1 aliphatic rings. The Morgan fingerprint density at radius 2 is 1.97 bits per heavy atom. The van der Waals surface area contributed by atoms with Crippen molar-refractivity contribution in [1.29, 1.82) is 0 Å². The Bertz CT molecular complexity index is 646. The van der Waals surface area contributed by atoms with E-state index in [2.05, 4.69) is 16.9 Å².